The number of benzene rings is 1. The number of nitrogens with one attached hydrogen (secondary N) is 1. The average molecular weight is 356 g/mol. The number of rotatable bonds is 7. The number of fused-ring (bicyclic) bond motifs is 1. The van der Waals surface area contributed by atoms with Gasteiger partial charge >= 0.3 is 6.03 Å². The number of aryl methyl sites for hydroxylation is 2. The minimum absolute atomic E-state index is 0.175. The van der Waals surface area contributed by atoms with Crippen molar-refractivity contribution in [1.82, 2.24) is 10.2 Å². The number of carbonyl (C=O) groups is 3. The second-order valence-corrected chi connectivity index (χ2v) is 7.52. The van der Waals surface area contributed by atoms with E-state index in [0.717, 1.165) is 37.0 Å². The molecule has 0 saturated carbocycles. The van der Waals surface area contributed by atoms with Crippen LogP contribution in [0.5, 0.6) is 0 Å². The lowest BCUT2D eigenvalue weighted by molar-refractivity contribution is -0.131. The minimum atomic E-state index is -0.837. The predicted octanol–water partition coefficient (Wildman–Crippen LogP) is 3.64. The van der Waals surface area contributed by atoms with Gasteiger partial charge in [-0.3, -0.25) is 14.5 Å². The van der Waals surface area contributed by atoms with E-state index in [4.69, 9.17) is 0 Å². The molecular weight excluding hydrogens is 328 g/mol. The van der Waals surface area contributed by atoms with Crippen molar-refractivity contribution in [2.24, 2.45) is 0 Å². The first-order valence-electron chi connectivity index (χ1n) is 9.80. The SMILES string of the molecule is CCCC1(CCC)NC(=O)N(CC(=O)c2ccc3c(c2)CCCC3)C1=O. The molecule has 26 heavy (non-hydrogen) atoms. The molecular formula is C21H28N2O3. The van der Waals surface area contributed by atoms with Gasteiger partial charge in [0.2, 0.25) is 0 Å². The summed E-state index contributed by atoms with van der Waals surface area (Å²) in [6.07, 6.45) is 7.22. The molecule has 0 bridgehead atoms. The number of hydrogen-bond donors (Lipinski definition) is 1. The lowest BCUT2D eigenvalue weighted by atomic mass is 9.88. The van der Waals surface area contributed by atoms with Gasteiger partial charge in [0.25, 0.3) is 5.91 Å². The van der Waals surface area contributed by atoms with Crippen LogP contribution in [0.2, 0.25) is 0 Å². The second-order valence-electron chi connectivity index (χ2n) is 7.52. The Morgan fingerprint density at radius 2 is 1.73 bits per heavy atom. The van der Waals surface area contributed by atoms with Gasteiger partial charge in [-0.15, -0.1) is 0 Å². The zero-order valence-electron chi connectivity index (χ0n) is 15.8. The van der Waals surface area contributed by atoms with Crippen molar-refractivity contribution in [2.45, 2.75) is 70.8 Å². The van der Waals surface area contributed by atoms with Crippen molar-refractivity contribution in [3.05, 3.63) is 34.9 Å². The molecule has 0 aromatic heterocycles. The smallest absolute Gasteiger partial charge is 0.323 e. The van der Waals surface area contributed by atoms with Gasteiger partial charge in [0.15, 0.2) is 5.78 Å². The lowest BCUT2D eigenvalue weighted by Gasteiger charge is -2.25. The molecule has 3 amide bonds. The summed E-state index contributed by atoms with van der Waals surface area (Å²) in [6.45, 7) is 3.81. The monoisotopic (exact) mass is 356 g/mol. The fourth-order valence-corrected chi connectivity index (χ4v) is 4.28. The number of nitrogens with zero attached hydrogens (tertiary/aromatic N) is 1. The van der Waals surface area contributed by atoms with Crippen LogP contribution in [-0.4, -0.2) is 34.7 Å². The van der Waals surface area contributed by atoms with Crippen molar-refractivity contribution in [3.8, 4) is 0 Å². The highest BCUT2D eigenvalue weighted by atomic mass is 16.2. The molecule has 2 aliphatic rings. The van der Waals surface area contributed by atoms with E-state index in [1.807, 2.05) is 32.0 Å². The maximum absolute atomic E-state index is 12.9. The van der Waals surface area contributed by atoms with Crippen LogP contribution in [0.3, 0.4) is 0 Å². The van der Waals surface area contributed by atoms with Crippen LogP contribution >= 0.6 is 0 Å². The third kappa shape index (κ3) is 3.39. The van der Waals surface area contributed by atoms with Crippen LogP contribution in [0, 0.1) is 0 Å². The number of carbonyl (C=O) groups excluding carboxylic acids is 3. The van der Waals surface area contributed by atoms with E-state index < -0.39 is 11.6 Å². The van der Waals surface area contributed by atoms with Gasteiger partial charge < -0.3 is 5.32 Å². The summed E-state index contributed by atoms with van der Waals surface area (Å²) < 4.78 is 0. The molecule has 1 aromatic rings. The molecule has 0 unspecified atom stereocenters. The van der Waals surface area contributed by atoms with Crippen LogP contribution in [-0.2, 0) is 17.6 Å². The van der Waals surface area contributed by atoms with Crippen molar-refractivity contribution in [3.63, 3.8) is 0 Å². The summed E-state index contributed by atoms with van der Waals surface area (Å²) in [5, 5.41) is 2.86. The van der Waals surface area contributed by atoms with Crippen molar-refractivity contribution in [2.75, 3.05) is 6.54 Å². The molecule has 5 heteroatoms. The summed E-state index contributed by atoms with van der Waals surface area (Å²) in [6, 6.07) is 5.35. The number of imide groups is 1. The Hall–Kier alpha value is -2.17. The summed E-state index contributed by atoms with van der Waals surface area (Å²) >= 11 is 0. The Morgan fingerprint density at radius 3 is 2.38 bits per heavy atom. The van der Waals surface area contributed by atoms with E-state index in [-0.39, 0.29) is 18.2 Å². The molecule has 5 nitrogen and oxygen atoms in total. The summed E-state index contributed by atoms with van der Waals surface area (Å²) in [5.41, 5.74) is 2.30. The molecule has 1 saturated heterocycles. The third-order valence-electron chi connectivity index (χ3n) is 5.57. The first-order valence-corrected chi connectivity index (χ1v) is 9.80. The first-order chi connectivity index (χ1) is 12.5. The zero-order valence-corrected chi connectivity index (χ0v) is 15.8. The maximum Gasteiger partial charge on any atom is 0.325 e. The standard InChI is InChI=1S/C21H28N2O3/c1-3-11-21(12-4-2)19(25)23(20(26)22-21)14-18(24)17-10-9-15-7-5-6-8-16(15)13-17/h9-10,13H,3-8,11-12,14H2,1-2H3,(H,22,26). The van der Waals surface area contributed by atoms with Crippen LogP contribution in [0.1, 0.15) is 73.9 Å². The van der Waals surface area contributed by atoms with Crippen molar-refractivity contribution >= 4 is 17.7 Å². The highest BCUT2D eigenvalue weighted by Crippen LogP contribution is 2.28. The van der Waals surface area contributed by atoms with Crippen molar-refractivity contribution < 1.29 is 14.4 Å². The molecule has 1 aliphatic heterocycles. The Morgan fingerprint density at radius 1 is 1.08 bits per heavy atom. The van der Waals surface area contributed by atoms with Crippen LogP contribution in [0.25, 0.3) is 0 Å². The molecule has 0 radical (unpaired) electrons. The molecule has 140 valence electrons. The number of amides is 3. The van der Waals surface area contributed by atoms with Crippen LogP contribution in [0.15, 0.2) is 18.2 Å². The largest absolute Gasteiger partial charge is 0.325 e. The maximum atomic E-state index is 12.9. The van der Waals surface area contributed by atoms with E-state index in [0.29, 0.717) is 18.4 Å². The highest BCUT2D eigenvalue weighted by molar-refractivity contribution is 6.11. The van der Waals surface area contributed by atoms with Gasteiger partial charge in [-0.05, 0) is 55.7 Å². The quantitative estimate of drug-likeness (QED) is 0.599. The number of urea groups is 1. The van der Waals surface area contributed by atoms with Gasteiger partial charge in [0.1, 0.15) is 5.54 Å². The van der Waals surface area contributed by atoms with Gasteiger partial charge in [0.05, 0.1) is 6.54 Å². The van der Waals surface area contributed by atoms with Crippen LogP contribution in [0.4, 0.5) is 4.79 Å². The highest BCUT2D eigenvalue weighted by Gasteiger charge is 2.50. The van der Waals surface area contributed by atoms with Crippen molar-refractivity contribution in [1.29, 1.82) is 0 Å². The molecule has 1 aliphatic carbocycles. The summed E-state index contributed by atoms with van der Waals surface area (Å²) in [7, 11) is 0. The van der Waals surface area contributed by atoms with Crippen LogP contribution < -0.4 is 5.32 Å². The fraction of sp³-hybridized carbons (Fsp3) is 0.571. The Bertz CT molecular complexity index is 720. The molecule has 3 rings (SSSR count). The summed E-state index contributed by atoms with van der Waals surface area (Å²) in [5.74, 6) is -0.428. The van der Waals surface area contributed by atoms with E-state index in [1.54, 1.807) is 0 Å². The Balaban J connectivity index is 1.76. The van der Waals surface area contributed by atoms with Gasteiger partial charge in [0, 0.05) is 5.56 Å². The molecule has 0 spiro atoms. The van der Waals surface area contributed by atoms with Gasteiger partial charge in [-0.25, -0.2) is 4.79 Å². The molecule has 1 aromatic carbocycles. The number of hydrogen-bond acceptors (Lipinski definition) is 3. The van der Waals surface area contributed by atoms with E-state index in [2.05, 4.69) is 5.32 Å². The zero-order chi connectivity index (χ0) is 18.7. The Kier molecular flexibility index (Phi) is 5.44. The lowest BCUT2D eigenvalue weighted by Crippen LogP contribution is -2.47. The summed E-state index contributed by atoms with van der Waals surface area (Å²) in [4.78, 5) is 39.1. The van der Waals surface area contributed by atoms with E-state index in [9.17, 15) is 14.4 Å². The molecule has 1 heterocycles. The first kappa shape index (κ1) is 18.6. The van der Waals surface area contributed by atoms with E-state index >= 15 is 0 Å². The number of Topliss-reactive ketones (excluding diaryl/α,β-unsaturated/α-hetero) is 1. The molecule has 1 fully saturated rings. The third-order valence-corrected chi connectivity index (χ3v) is 5.57. The predicted molar refractivity (Wildman–Crippen MR) is 100 cm³/mol. The normalized spacial score (nSPS) is 18.6. The average Bonchev–Trinajstić information content (AvgIpc) is 2.86. The minimum Gasteiger partial charge on any atom is -0.323 e. The molecule has 1 N–H and O–H groups in total. The number of ketones is 1. The molecule has 0 atom stereocenters. The van der Waals surface area contributed by atoms with E-state index in [1.165, 1.54) is 17.5 Å². The van der Waals surface area contributed by atoms with Gasteiger partial charge in [-0.1, -0.05) is 38.8 Å². The fourth-order valence-electron chi connectivity index (χ4n) is 4.28. The second kappa shape index (κ2) is 7.60. The topological polar surface area (TPSA) is 66.5 Å². The Labute approximate surface area is 155 Å². The van der Waals surface area contributed by atoms with Gasteiger partial charge in [-0.2, -0.15) is 0 Å².